The van der Waals surface area contributed by atoms with E-state index in [-0.39, 0.29) is 10.7 Å². The Labute approximate surface area is 180 Å². The Morgan fingerprint density at radius 3 is 2.50 bits per heavy atom. The number of anilines is 2. The van der Waals surface area contributed by atoms with E-state index >= 15 is 0 Å². The molecule has 0 aromatic carbocycles. The molecule has 1 aliphatic carbocycles. The van der Waals surface area contributed by atoms with E-state index in [1.54, 1.807) is 6.92 Å². The van der Waals surface area contributed by atoms with Crippen LogP contribution in [0.4, 0.5) is 11.5 Å². The molecule has 3 N–H and O–H groups in total. The number of halogens is 1. The van der Waals surface area contributed by atoms with E-state index in [2.05, 4.69) is 20.2 Å². The number of nitrogens with two attached hydrogens (primary N) is 1. The number of sulfonamides is 1. The SMILES string of the molecule is Cc1nc(N2CCC3(CC2)CC3)c(C(=O)Nc2ccnc(S(N)(=O)=O)c2)c(C)c1Cl. The van der Waals surface area contributed by atoms with Crippen molar-refractivity contribution in [1.29, 1.82) is 0 Å². The fourth-order valence-corrected chi connectivity index (χ4v) is 4.66. The average Bonchev–Trinajstić information content (AvgIpc) is 3.45. The molecule has 4 rings (SSSR count). The molecule has 160 valence electrons. The fraction of sp³-hybridized carbons (Fsp3) is 0.450. The van der Waals surface area contributed by atoms with E-state index in [4.69, 9.17) is 16.7 Å². The zero-order valence-corrected chi connectivity index (χ0v) is 18.5. The molecule has 1 aliphatic heterocycles. The summed E-state index contributed by atoms with van der Waals surface area (Å²) in [5, 5.41) is 8.01. The highest BCUT2D eigenvalue weighted by atomic mass is 35.5. The molecule has 0 atom stereocenters. The first-order valence-electron chi connectivity index (χ1n) is 9.81. The minimum absolute atomic E-state index is 0.275. The number of rotatable bonds is 4. The first kappa shape index (κ1) is 21.0. The quantitative estimate of drug-likeness (QED) is 0.740. The van der Waals surface area contributed by atoms with Gasteiger partial charge in [0.15, 0.2) is 5.03 Å². The van der Waals surface area contributed by atoms with Crippen molar-refractivity contribution in [2.75, 3.05) is 23.3 Å². The zero-order valence-electron chi connectivity index (χ0n) is 16.9. The number of carbonyl (C=O) groups is 1. The highest BCUT2D eigenvalue weighted by molar-refractivity contribution is 7.89. The monoisotopic (exact) mass is 449 g/mol. The van der Waals surface area contributed by atoms with Crippen LogP contribution in [0.2, 0.25) is 5.02 Å². The lowest BCUT2D eigenvalue weighted by molar-refractivity contribution is 0.102. The van der Waals surface area contributed by atoms with Gasteiger partial charge in [0.05, 0.1) is 16.3 Å². The number of nitrogens with one attached hydrogen (secondary N) is 1. The summed E-state index contributed by atoms with van der Waals surface area (Å²) in [5.74, 6) is 0.207. The van der Waals surface area contributed by atoms with Gasteiger partial charge in [0.25, 0.3) is 15.9 Å². The smallest absolute Gasteiger partial charge is 0.259 e. The molecule has 2 aliphatic rings. The first-order chi connectivity index (χ1) is 14.1. The maximum absolute atomic E-state index is 13.2. The molecule has 0 radical (unpaired) electrons. The van der Waals surface area contributed by atoms with Gasteiger partial charge in [-0.1, -0.05) is 11.6 Å². The van der Waals surface area contributed by atoms with Gasteiger partial charge in [-0.05, 0) is 56.6 Å². The maximum atomic E-state index is 13.2. The molecule has 8 nitrogen and oxygen atoms in total. The summed E-state index contributed by atoms with van der Waals surface area (Å²) < 4.78 is 23.1. The van der Waals surface area contributed by atoms with Crippen molar-refractivity contribution in [3.8, 4) is 0 Å². The van der Waals surface area contributed by atoms with Gasteiger partial charge in [-0.3, -0.25) is 4.79 Å². The first-order valence-corrected chi connectivity index (χ1v) is 11.7. The van der Waals surface area contributed by atoms with Crippen LogP contribution in [-0.4, -0.2) is 37.4 Å². The third-order valence-corrected chi connectivity index (χ3v) is 7.47. The lowest BCUT2D eigenvalue weighted by Gasteiger charge is -2.34. The predicted octanol–water partition coefficient (Wildman–Crippen LogP) is 3.03. The van der Waals surface area contributed by atoms with Gasteiger partial charge in [-0.2, -0.15) is 0 Å². The van der Waals surface area contributed by atoms with Crippen LogP contribution in [0.5, 0.6) is 0 Å². The van der Waals surface area contributed by atoms with E-state index in [9.17, 15) is 13.2 Å². The Hall–Kier alpha value is -2.23. The second-order valence-corrected chi connectivity index (χ2v) is 10.1. The minimum Gasteiger partial charge on any atom is -0.356 e. The number of piperidine rings is 1. The third-order valence-electron chi connectivity index (χ3n) is 6.11. The molecule has 1 saturated heterocycles. The average molecular weight is 450 g/mol. The molecule has 2 aromatic heterocycles. The van der Waals surface area contributed by atoms with Gasteiger partial charge < -0.3 is 10.2 Å². The van der Waals surface area contributed by atoms with Gasteiger partial charge in [0.1, 0.15) is 5.82 Å². The van der Waals surface area contributed by atoms with Crippen LogP contribution in [0, 0.1) is 19.3 Å². The summed E-state index contributed by atoms with van der Waals surface area (Å²) >= 11 is 6.41. The zero-order chi connectivity index (χ0) is 21.7. The molecule has 0 unspecified atom stereocenters. The summed E-state index contributed by atoms with van der Waals surface area (Å²) in [5.41, 5.74) is 2.48. The van der Waals surface area contributed by atoms with Crippen molar-refractivity contribution in [2.24, 2.45) is 10.6 Å². The number of nitrogens with zero attached hydrogens (tertiary/aromatic N) is 3. The van der Waals surface area contributed by atoms with Gasteiger partial charge >= 0.3 is 0 Å². The number of aromatic nitrogens is 2. The third kappa shape index (κ3) is 4.01. The molecule has 10 heteroatoms. The summed E-state index contributed by atoms with van der Waals surface area (Å²) in [7, 11) is -3.98. The molecule has 2 fully saturated rings. The Balaban J connectivity index is 1.67. The van der Waals surface area contributed by atoms with Gasteiger partial charge in [0, 0.05) is 31.0 Å². The number of hydrogen-bond donors (Lipinski definition) is 2. The van der Waals surface area contributed by atoms with Crippen LogP contribution in [0.3, 0.4) is 0 Å². The van der Waals surface area contributed by atoms with Crippen molar-refractivity contribution in [2.45, 2.75) is 44.6 Å². The molecule has 0 bridgehead atoms. The number of pyridine rings is 2. The lowest BCUT2D eigenvalue weighted by atomic mass is 9.93. The van der Waals surface area contributed by atoms with Crippen LogP contribution in [0.1, 0.15) is 47.3 Å². The van der Waals surface area contributed by atoms with Crippen molar-refractivity contribution in [3.63, 3.8) is 0 Å². The highest BCUT2D eigenvalue weighted by Gasteiger charge is 2.45. The van der Waals surface area contributed by atoms with E-state index in [1.165, 1.54) is 31.2 Å². The van der Waals surface area contributed by atoms with Crippen LogP contribution >= 0.6 is 11.6 Å². The van der Waals surface area contributed by atoms with Crippen molar-refractivity contribution in [3.05, 3.63) is 40.2 Å². The normalized spacial score (nSPS) is 17.8. The van der Waals surface area contributed by atoms with E-state index in [0.717, 1.165) is 25.9 Å². The highest BCUT2D eigenvalue weighted by Crippen LogP contribution is 2.54. The molecular formula is C20H24ClN5O3S. The van der Waals surface area contributed by atoms with Crippen molar-refractivity contribution >= 4 is 39.0 Å². The number of aryl methyl sites for hydroxylation is 1. The second kappa shape index (κ2) is 7.47. The fourth-order valence-electron chi connectivity index (χ4n) is 4.02. The number of amides is 1. The second-order valence-electron chi connectivity index (χ2n) is 8.20. The van der Waals surface area contributed by atoms with Crippen LogP contribution in [0.25, 0.3) is 0 Å². The number of hydrogen-bond acceptors (Lipinski definition) is 6. The topological polar surface area (TPSA) is 118 Å². The van der Waals surface area contributed by atoms with Gasteiger partial charge in [-0.15, -0.1) is 0 Å². The van der Waals surface area contributed by atoms with Gasteiger partial charge in [-0.25, -0.2) is 23.5 Å². The van der Waals surface area contributed by atoms with Crippen LogP contribution in [0.15, 0.2) is 23.4 Å². The van der Waals surface area contributed by atoms with Crippen molar-refractivity contribution in [1.82, 2.24) is 9.97 Å². The summed E-state index contributed by atoms with van der Waals surface area (Å²) in [6.45, 7) is 5.31. The summed E-state index contributed by atoms with van der Waals surface area (Å²) in [4.78, 5) is 23.8. The standard InChI is InChI=1S/C20H24ClN5O3S/c1-12-16(19(27)25-14-3-8-23-15(11-14)30(22,28)29)18(24-13(2)17(12)21)26-9-6-20(4-5-20)7-10-26/h3,8,11H,4-7,9-10H2,1-2H3,(H2,22,28,29)(H,23,25,27). The Morgan fingerprint density at radius 1 is 1.23 bits per heavy atom. The van der Waals surface area contributed by atoms with Crippen LogP contribution in [-0.2, 0) is 10.0 Å². The largest absolute Gasteiger partial charge is 0.356 e. The van der Waals surface area contributed by atoms with Crippen LogP contribution < -0.4 is 15.4 Å². The van der Waals surface area contributed by atoms with Crippen molar-refractivity contribution < 1.29 is 13.2 Å². The number of primary sulfonamides is 1. The molecular weight excluding hydrogens is 426 g/mol. The van der Waals surface area contributed by atoms with Gasteiger partial charge in [0.2, 0.25) is 0 Å². The molecule has 2 aromatic rings. The lowest BCUT2D eigenvalue weighted by Crippen LogP contribution is -2.36. The maximum Gasteiger partial charge on any atom is 0.259 e. The number of carbonyl (C=O) groups excluding carboxylic acids is 1. The summed E-state index contributed by atoms with van der Waals surface area (Å²) in [6.07, 6.45) is 6.05. The van der Waals surface area contributed by atoms with E-state index < -0.39 is 15.9 Å². The minimum atomic E-state index is -3.98. The Morgan fingerprint density at radius 2 is 1.90 bits per heavy atom. The molecule has 1 amide bonds. The molecule has 3 heterocycles. The Bertz CT molecular complexity index is 1120. The molecule has 1 saturated carbocycles. The summed E-state index contributed by atoms with van der Waals surface area (Å²) in [6, 6.07) is 2.73. The predicted molar refractivity (Wildman–Crippen MR) is 115 cm³/mol. The molecule has 1 spiro atoms. The Kier molecular flexibility index (Phi) is 5.24. The van der Waals surface area contributed by atoms with E-state index in [1.807, 2.05) is 6.92 Å². The van der Waals surface area contributed by atoms with E-state index in [0.29, 0.717) is 33.1 Å². The molecule has 30 heavy (non-hydrogen) atoms.